The van der Waals surface area contributed by atoms with E-state index in [4.69, 9.17) is 15.2 Å². The molecule has 8 nitrogen and oxygen atoms in total. The summed E-state index contributed by atoms with van der Waals surface area (Å²) in [4.78, 5) is 42.8. The molecule has 2 atom stereocenters. The molecule has 40 heavy (non-hydrogen) atoms. The number of carbonyl (C=O) groups is 3. The summed E-state index contributed by atoms with van der Waals surface area (Å²) in [5.41, 5.74) is 7.21. The van der Waals surface area contributed by atoms with Crippen LogP contribution in [0.15, 0.2) is 78.9 Å². The molecule has 0 bridgehead atoms. The van der Waals surface area contributed by atoms with E-state index in [-0.39, 0.29) is 13.0 Å². The van der Waals surface area contributed by atoms with Crippen LogP contribution < -0.4 is 20.7 Å². The van der Waals surface area contributed by atoms with E-state index in [1.807, 2.05) is 67.6 Å². The maximum Gasteiger partial charge on any atom is 0.415 e. The Bertz CT molecular complexity index is 1310. The Morgan fingerprint density at radius 2 is 1.60 bits per heavy atom. The van der Waals surface area contributed by atoms with E-state index in [1.54, 1.807) is 25.1 Å². The molecule has 1 aliphatic heterocycles. The Hall–Kier alpha value is -4.17. The summed E-state index contributed by atoms with van der Waals surface area (Å²) in [6.07, 6.45) is 1.09. The van der Waals surface area contributed by atoms with Crippen molar-refractivity contribution in [3.8, 4) is 5.75 Å². The van der Waals surface area contributed by atoms with Gasteiger partial charge in [-0.15, -0.1) is 0 Å². The van der Waals surface area contributed by atoms with Crippen molar-refractivity contribution in [2.45, 2.75) is 64.3 Å². The minimum Gasteiger partial charge on any atom is -0.489 e. The normalized spacial score (nSPS) is 16.6. The number of rotatable bonds is 12. The monoisotopic (exact) mass is 543 g/mol. The molecule has 0 aromatic heterocycles. The highest BCUT2D eigenvalue weighted by Gasteiger charge is 2.59. The third kappa shape index (κ3) is 6.18. The number of unbranched alkanes of at least 4 members (excludes halogenated alkanes) is 1. The standard InChI is InChI=1S/C32H37N3O5/c1-3-5-18-34-30(37)32(29(36)27(33)4-2)20-25-19-26(39-21-23-12-8-6-9-13-23)16-17-28(25)35(32)31(38)40-22-24-14-10-7-11-15-24/h6-17,19,27H,3-5,18,20-22,33H2,1-2H3,(H,34,37)/t27-,32-/m0/s1. The van der Waals surface area contributed by atoms with Gasteiger partial charge in [0.1, 0.15) is 19.0 Å². The molecule has 3 N–H and O–H groups in total. The van der Waals surface area contributed by atoms with Gasteiger partial charge in [-0.25, -0.2) is 4.79 Å². The van der Waals surface area contributed by atoms with Crippen molar-refractivity contribution in [1.82, 2.24) is 5.32 Å². The fraction of sp³-hybridized carbons (Fsp3) is 0.344. The zero-order valence-corrected chi connectivity index (χ0v) is 23.1. The van der Waals surface area contributed by atoms with Crippen molar-refractivity contribution in [3.05, 3.63) is 95.6 Å². The van der Waals surface area contributed by atoms with Crippen LogP contribution in [-0.2, 0) is 34.0 Å². The van der Waals surface area contributed by atoms with Crippen LogP contribution in [-0.4, -0.2) is 35.9 Å². The van der Waals surface area contributed by atoms with Crippen LogP contribution in [0, 0.1) is 0 Å². The van der Waals surface area contributed by atoms with Gasteiger partial charge < -0.3 is 20.5 Å². The van der Waals surface area contributed by atoms with Crippen molar-refractivity contribution in [2.24, 2.45) is 5.73 Å². The lowest BCUT2D eigenvalue weighted by molar-refractivity contribution is -0.136. The smallest absolute Gasteiger partial charge is 0.415 e. The van der Waals surface area contributed by atoms with Crippen LogP contribution in [0.25, 0.3) is 0 Å². The average Bonchev–Trinajstić information content (AvgIpc) is 3.34. The van der Waals surface area contributed by atoms with E-state index >= 15 is 0 Å². The first-order chi connectivity index (χ1) is 19.4. The van der Waals surface area contributed by atoms with Crippen molar-refractivity contribution >= 4 is 23.5 Å². The number of anilines is 1. The highest BCUT2D eigenvalue weighted by molar-refractivity contribution is 6.21. The molecular formula is C32H37N3O5. The van der Waals surface area contributed by atoms with Crippen LogP contribution in [0.1, 0.15) is 49.8 Å². The zero-order valence-electron chi connectivity index (χ0n) is 23.1. The third-order valence-corrected chi connectivity index (χ3v) is 7.13. The van der Waals surface area contributed by atoms with Crippen molar-refractivity contribution in [1.29, 1.82) is 0 Å². The fourth-order valence-corrected chi connectivity index (χ4v) is 4.86. The van der Waals surface area contributed by atoms with Crippen molar-refractivity contribution < 1.29 is 23.9 Å². The van der Waals surface area contributed by atoms with Crippen LogP contribution in [0.3, 0.4) is 0 Å². The number of hydrogen-bond acceptors (Lipinski definition) is 6. The molecule has 4 rings (SSSR count). The van der Waals surface area contributed by atoms with Gasteiger partial charge >= 0.3 is 6.09 Å². The second-order valence-electron chi connectivity index (χ2n) is 9.97. The number of nitrogens with zero attached hydrogens (tertiary/aromatic N) is 1. The van der Waals surface area contributed by atoms with Crippen LogP contribution >= 0.6 is 0 Å². The largest absolute Gasteiger partial charge is 0.489 e. The lowest BCUT2D eigenvalue weighted by atomic mass is 9.83. The van der Waals surface area contributed by atoms with Gasteiger partial charge in [-0.3, -0.25) is 14.5 Å². The van der Waals surface area contributed by atoms with Crippen molar-refractivity contribution in [3.63, 3.8) is 0 Å². The van der Waals surface area contributed by atoms with Gasteiger partial charge in [-0.05, 0) is 47.7 Å². The molecule has 3 aromatic carbocycles. The summed E-state index contributed by atoms with van der Waals surface area (Å²) in [5, 5.41) is 2.88. The first-order valence-electron chi connectivity index (χ1n) is 13.8. The topological polar surface area (TPSA) is 111 Å². The highest BCUT2D eigenvalue weighted by Crippen LogP contribution is 2.43. The molecule has 0 saturated heterocycles. The number of ether oxygens (including phenoxy) is 2. The molecule has 2 amide bonds. The lowest BCUT2D eigenvalue weighted by Crippen LogP contribution is -2.67. The number of nitrogens with two attached hydrogens (primary N) is 1. The van der Waals surface area contributed by atoms with Crippen molar-refractivity contribution in [2.75, 3.05) is 11.4 Å². The molecule has 0 aliphatic carbocycles. The first kappa shape index (κ1) is 28.8. The highest BCUT2D eigenvalue weighted by atomic mass is 16.6. The summed E-state index contributed by atoms with van der Waals surface area (Å²) < 4.78 is 11.7. The zero-order chi connectivity index (χ0) is 28.5. The Labute approximate surface area is 235 Å². The lowest BCUT2D eigenvalue weighted by Gasteiger charge is -2.36. The predicted octanol–water partition coefficient (Wildman–Crippen LogP) is 4.93. The molecule has 1 heterocycles. The SMILES string of the molecule is CCCCNC(=O)[C@@]1(C(=O)[C@@H](N)CC)Cc2cc(OCc3ccccc3)ccc2N1C(=O)OCc1ccccc1. The Morgan fingerprint density at radius 1 is 0.950 bits per heavy atom. The molecule has 0 saturated carbocycles. The molecule has 3 aromatic rings. The van der Waals surface area contributed by atoms with E-state index in [0.717, 1.165) is 24.0 Å². The average molecular weight is 544 g/mol. The molecular weight excluding hydrogens is 506 g/mol. The van der Waals surface area contributed by atoms with Gasteiger partial charge in [-0.1, -0.05) is 80.9 Å². The molecule has 8 heteroatoms. The van der Waals surface area contributed by atoms with Gasteiger partial charge in [0, 0.05) is 13.0 Å². The molecule has 210 valence electrons. The number of ketones is 1. The Balaban J connectivity index is 1.71. The number of hydrogen-bond donors (Lipinski definition) is 2. The summed E-state index contributed by atoms with van der Waals surface area (Å²) in [6.45, 7) is 4.51. The third-order valence-electron chi connectivity index (χ3n) is 7.13. The quantitative estimate of drug-likeness (QED) is 0.248. The Morgan fingerprint density at radius 3 is 2.23 bits per heavy atom. The van der Waals surface area contributed by atoms with E-state index in [0.29, 0.717) is 36.6 Å². The van der Waals surface area contributed by atoms with Crippen LogP contribution in [0.2, 0.25) is 0 Å². The predicted molar refractivity (Wildman–Crippen MR) is 154 cm³/mol. The maximum atomic E-state index is 14.0. The van der Waals surface area contributed by atoms with Crippen LogP contribution in [0.5, 0.6) is 5.75 Å². The van der Waals surface area contributed by atoms with E-state index in [9.17, 15) is 14.4 Å². The second-order valence-corrected chi connectivity index (χ2v) is 9.97. The minimum absolute atomic E-state index is 0.00860. The van der Waals surface area contributed by atoms with Gasteiger partial charge in [0.05, 0.1) is 11.7 Å². The Kier molecular flexibility index (Phi) is 9.56. The summed E-state index contributed by atoms with van der Waals surface area (Å²) >= 11 is 0. The van der Waals surface area contributed by atoms with Gasteiger partial charge in [-0.2, -0.15) is 0 Å². The molecule has 1 aliphatic rings. The van der Waals surface area contributed by atoms with Gasteiger partial charge in [0.15, 0.2) is 11.3 Å². The fourth-order valence-electron chi connectivity index (χ4n) is 4.86. The van der Waals surface area contributed by atoms with E-state index in [1.165, 1.54) is 4.90 Å². The second kappa shape index (κ2) is 13.3. The number of Topliss-reactive ketones (excluding diaryl/α,β-unsaturated/α-hetero) is 1. The van der Waals surface area contributed by atoms with Gasteiger partial charge in [0.25, 0.3) is 5.91 Å². The molecule has 0 spiro atoms. The summed E-state index contributed by atoms with van der Waals surface area (Å²) in [6, 6.07) is 23.3. The number of amides is 2. The van der Waals surface area contributed by atoms with Gasteiger partial charge in [0.2, 0.25) is 0 Å². The number of benzene rings is 3. The number of nitrogens with one attached hydrogen (secondary N) is 1. The number of fused-ring (bicyclic) bond motifs is 1. The first-order valence-corrected chi connectivity index (χ1v) is 13.8. The summed E-state index contributed by atoms with van der Waals surface area (Å²) in [7, 11) is 0. The molecule has 0 unspecified atom stereocenters. The summed E-state index contributed by atoms with van der Waals surface area (Å²) in [5.74, 6) is -0.521. The van der Waals surface area contributed by atoms with E-state index in [2.05, 4.69) is 5.32 Å². The number of carbonyl (C=O) groups excluding carboxylic acids is 3. The maximum absolute atomic E-state index is 14.0. The minimum atomic E-state index is -1.88. The van der Waals surface area contributed by atoms with Crippen LogP contribution in [0.4, 0.5) is 10.5 Å². The van der Waals surface area contributed by atoms with E-state index < -0.39 is 29.4 Å². The molecule has 0 radical (unpaired) electrons. The molecule has 0 fully saturated rings.